The highest BCUT2D eigenvalue weighted by atomic mass is 16.3. The molecule has 0 radical (unpaired) electrons. The SMILES string of the molecule is c1ccc(-c2ccc(-c3nc(-c4ccccc4)nc(-c4ccc(-c5ccnc6oc7c(-c8ccc9ccccc9c8)cccc7c56)cc4)n3)cc2)cc1. The Kier molecular flexibility index (Phi) is 7.40. The smallest absolute Gasteiger partial charge is 0.227 e. The molecule has 0 saturated heterocycles. The van der Waals surface area contributed by atoms with Crippen LogP contribution >= 0.6 is 0 Å². The zero-order valence-electron chi connectivity index (χ0n) is 28.5. The summed E-state index contributed by atoms with van der Waals surface area (Å²) < 4.78 is 6.51. The van der Waals surface area contributed by atoms with Gasteiger partial charge in [0.2, 0.25) is 5.71 Å². The summed E-state index contributed by atoms with van der Waals surface area (Å²) in [6, 6.07) is 60.6. The minimum Gasteiger partial charge on any atom is -0.437 e. The predicted octanol–water partition coefficient (Wildman–Crippen LogP) is 12.3. The summed E-state index contributed by atoms with van der Waals surface area (Å²) in [4.78, 5) is 19.5. The maximum absolute atomic E-state index is 6.51. The predicted molar refractivity (Wildman–Crippen MR) is 215 cm³/mol. The topological polar surface area (TPSA) is 64.7 Å². The largest absolute Gasteiger partial charge is 0.437 e. The molecule has 10 aromatic rings. The standard InChI is InChI=1S/C48H30N4O/c1-3-10-31(11-4-1)33-18-23-36(24-19-33)46-50-45(35-13-5-2-6-14-35)51-47(52-46)37-25-21-34(22-26-37)40-28-29-49-48-43(40)42-17-9-16-41(44(42)53-48)39-27-20-32-12-7-8-15-38(32)30-39/h1-30H. The Morgan fingerprint density at radius 3 is 1.57 bits per heavy atom. The van der Waals surface area contributed by atoms with Gasteiger partial charge in [0.1, 0.15) is 5.58 Å². The lowest BCUT2D eigenvalue weighted by molar-refractivity contribution is 0.655. The first-order valence-corrected chi connectivity index (χ1v) is 17.6. The van der Waals surface area contributed by atoms with Crippen molar-refractivity contribution in [2.75, 3.05) is 0 Å². The van der Waals surface area contributed by atoms with Crippen molar-refractivity contribution in [1.29, 1.82) is 0 Å². The van der Waals surface area contributed by atoms with E-state index >= 15 is 0 Å². The molecule has 0 unspecified atom stereocenters. The van der Waals surface area contributed by atoms with Gasteiger partial charge in [0.05, 0.1) is 5.39 Å². The first kappa shape index (κ1) is 30.6. The maximum Gasteiger partial charge on any atom is 0.227 e. The molecule has 0 bridgehead atoms. The fraction of sp³-hybridized carbons (Fsp3) is 0. The van der Waals surface area contributed by atoms with Crippen LogP contribution in [-0.4, -0.2) is 19.9 Å². The molecular formula is C48H30N4O. The average molecular weight is 679 g/mol. The number of pyridine rings is 1. The fourth-order valence-corrected chi connectivity index (χ4v) is 7.14. The Labute approximate surface area is 305 Å². The molecule has 0 aliphatic carbocycles. The molecule has 3 aromatic heterocycles. The number of nitrogens with zero attached hydrogens (tertiary/aromatic N) is 4. The van der Waals surface area contributed by atoms with E-state index in [2.05, 4.69) is 145 Å². The van der Waals surface area contributed by atoms with E-state index in [1.54, 1.807) is 0 Å². The van der Waals surface area contributed by atoms with Crippen LogP contribution in [0.5, 0.6) is 0 Å². The van der Waals surface area contributed by atoms with Gasteiger partial charge < -0.3 is 4.42 Å². The monoisotopic (exact) mass is 678 g/mol. The van der Waals surface area contributed by atoms with Crippen molar-refractivity contribution < 1.29 is 4.42 Å². The Morgan fingerprint density at radius 2 is 0.887 bits per heavy atom. The Bertz CT molecular complexity index is 2920. The number of furan rings is 1. The van der Waals surface area contributed by atoms with Gasteiger partial charge >= 0.3 is 0 Å². The van der Waals surface area contributed by atoms with E-state index in [1.165, 1.54) is 16.3 Å². The third-order valence-electron chi connectivity index (χ3n) is 9.83. The first-order chi connectivity index (χ1) is 26.2. The lowest BCUT2D eigenvalue weighted by atomic mass is 9.97. The zero-order valence-corrected chi connectivity index (χ0v) is 28.5. The van der Waals surface area contributed by atoms with Gasteiger partial charge in [-0.25, -0.2) is 19.9 Å². The zero-order chi connectivity index (χ0) is 35.1. The van der Waals surface area contributed by atoms with E-state index in [4.69, 9.17) is 19.4 Å². The Morgan fingerprint density at radius 1 is 0.358 bits per heavy atom. The van der Waals surface area contributed by atoms with Gasteiger partial charge in [-0.15, -0.1) is 0 Å². The first-order valence-electron chi connectivity index (χ1n) is 17.6. The number of para-hydroxylation sites is 1. The van der Waals surface area contributed by atoms with E-state index in [9.17, 15) is 0 Å². The van der Waals surface area contributed by atoms with Crippen LogP contribution < -0.4 is 0 Å². The minimum atomic E-state index is 0.612. The van der Waals surface area contributed by atoms with Crippen LogP contribution in [0.1, 0.15) is 0 Å². The fourth-order valence-electron chi connectivity index (χ4n) is 7.14. The van der Waals surface area contributed by atoms with Gasteiger partial charge in [0, 0.05) is 33.8 Å². The maximum atomic E-state index is 6.51. The Balaban J connectivity index is 1.04. The number of rotatable bonds is 6. The molecule has 0 atom stereocenters. The number of hydrogen-bond acceptors (Lipinski definition) is 5. The molecule has 0 aliphatic heterocycles. The second-order valence-electron chi connectivity index (χ2n) is 13.1. The van der Waals surface area contributed by atoms with Gasteiger partial charge in [-0.2, -0.15) is 0 Å². The summed E-state index contributed by atoms with van der Waals surface area (Å²) in [5, 5.41) is 4.43. The molecule has 0 fully saturated rings. The summed E-state index contributed by atoms with van der Waals surface area (Å²) in [6.45, 7) is 0. The molecule has 7 aromatic carbocycles. The summed E-state index contributed by atoms with van der Waals surface area (Å²) >= 11 is 0. The number of fused-ring (bicyclic) bond motifs is 4. The molecule has 53 heavy (non-hydrogen) atoms. The highest BCUT2D eigenvalue weighted by Crippen LogP contribution is 2.40. The van der Waals surface area contributed by atoms with E-state index < -0.39 is 0 Å². The van der Waals surface area contributed by atoms with Gasteiger partial charge in [-0.1, -0.05) is 164 Å². The van der Waals surface area contributed by atoms with Crippen LogP contribution in [0.4, 0.5) is 0 Å². The molecule has 3 heterocycles. The van der Waals surface area contributed by atoms with Crippen molar-refractivity contribution in [1.82, 2.24) is 19.9 Å². The van der Waals surface area contributed by atoms with Gasteiger partial charge in [0.15, 0.2) is 17.5 Å². The third kappa shape index (κ3) is 5.61. The van der Waals surface area contributed by atoms with Gasteiger partial charge in [0.25, 0.3) is 0 Å². The molecule has 248 valence electrons. The normalized spacial score (nSPS) is 11.4. The van der Waals surface area contributed by atoms with Crippen LogP contribution in [0.3, 0.4) is 0 Å². The van der Waals surface area contributed by atoms with Crippen LogP contribution in [0, 0.1) is 0 Å². The highest BCUT2D eigenvalue weighted by Gasteiger charge is 2.18. The van der Waals surface area contributed by atoms with Crippen molar-refractivity contribution >= 4 is 32.8 Å². The second-order valence-corrected chi connectivity index (χ2v) is 13.1. The van der Waals surface area contributed by atoms with Crippen molar-refractivity contribution in [3.8, 4) is 67.5 Å². The van der Waals surface area contributed by atoms with Crippen molar-refractivity contribution in [2.45, 2.75) is 0 Å². The second kappa shape index (κ2) is 12.8. The molecule has 0 saturated carbocycles. The third-order valence-corrected chi connectivity index (χ3v) is 9.83. The van der Waals surface area contributed by atoms with Crippen molar-refractivity contribution in [3.63, 3.8) is 0 Å². The van der Waals surface area contributed by atoms with Crippen molar-refractivity contribution in [2.24, 2.45) is 0 Å². The van der Waals surface area contributed by atoms with Crippen molar-refractivity contribution in [3.05, 3.63) is 182 Å². The summed E-state index contributed by atoms with van der Waals surface area (Å²) in [6.07, 6.45) is 1.82. The highest BCUT2D eigenvalue weighted by molar-refractivity contribution is 6.14. The number of hydrogen-bond donors (Lipinski definition) is 0. The van der Waals surface area contributed by atoms with E-state index in [-0.39, 0.29) is 0 Å². The molecule has 5 heteroatoms. The molecule has 5 nitrogen and oxygen atoms in total. The van der Waals surface area contributed by atoms with E-state index in [1.807, 2.05) is 42.6 Å². The summed E-state index contributed by atoms with van der Waals surface area (Å²) in [7, 11) is 0. The average Bonchev–Trinajstić information content (AvgIpc) is 3.63. The summed E-state index contributed by atoms with van der Waals surface area (Å²) in [5.41, 5.74) is 10.8. The van der Waals surface area contributed by atoms with Crippen LogP contribution in [0.2, 0.25) is 0 Å². The quantitative estimate of drug-likeness (QED) is 0.175. The van der Waals surface area contributed by atoms with Gasteiger partial charge in [-0.05, 0) is 50.7 Å². The van der Waals surface area contributed by atoms with Crippen LogP contribution in [0.25, 0.3) is 100 Å². The number of aromatic nitrogens is 4. The molecule has 10 rings (SSSR count). The molecule has 0 aliphatic rings. The van der Waals surface area contributed by atoms with Crippen LogP contribution in [0.15, 0.2) is 187 Å². The molecule has 0 amide bonds. The minimum absolute atomic E-state index is 0.612. The van der Waals surface area contributed by atoms with Crippen LogP contribution in [-0.2, 0) is 0 Å². The lowest BCUT2D eigenvalue weighted by Crippen LogP contribution is -2.00. The summed E-state index contributed by atoms with van der Waals surface area (Å²) in [5.74, 6) is 1.87. The number of benzene rings is 7. The molecule has 0 N–H and O–H groups in total. The lowest BCUT2D eigenvalue weighted by Gasteiger charge is -2.10. The van der Waals surface area contributed by atoms with E-state index in [0.717, 1.165) is 60.9 Å². The van der Waals surface area contributed by atoms with Gasteiger partial charge in [-0.3, -0.25) is 0 Å². The Hall–Kier alpha value is -7.24. The van der Waals surface area contributed by atoms with E-state index in [0.29, 0.717) is 23.2 Å². The molecule has 0 spiro atoms. The molecular weight excluding hydrogens is 649 g/mol.